The van der Waals surface area contributed by atoms with E-state index < -0.39 is 70.4 Å². The van der Waals surface area contributed by atoms with Crippen molar-refractivity contribution in [2.24, 2.45) is 0 Å². The monoisotopic (exact) mass is 1510 g/mol. The van der Waals surface area contributed by atoms with E-state index in [2.05, 4.69) is 437 Å². The van der Waals surface area contributed by atoms with Gasteiger partial charge >= 0.3 is 607 Å². The molecule has 0 spiro atoms. The van der Waals surface area contributed by atoms with Gasteiger partial charge in [0.1, 0.15) is 0 Å². The number of allylic oxidation sites excluding steroid dienone is 12. The third-order valence-electron chi connectivity index (χ3n) is 19.0. The third kappa shape index (κ3) is 12.0. The molecule has 3 aliphatic rings. The van der Waals surface area contributed by atoms with Gasteiger partial charge in [0.2, 0.25) is 0 Å². The van der Waals surface area contributed by atoms with Crippen molar-refractivity contribution in [2.45, 2.75) is 28.2 Å². The van der Waals surface area contributed by atoms with Crippen LogP contribution < -0.4 is 63.7 Å². The molecule has 6 unspecified atom stereocenters. The van der Waals surface area contributed by atoms with Gasteiger partial charge in [-0.25, -0.2) is 0 Å². The first-order valence-corrected chi connectivity index (χ1v) is 48.9. The van der Waals surface area contributed by atoms with Crippen LogP contribution in [-0.2, 0) is 11.6 Å². The average molecular weight is 1510 g/mol. The van der Waals surface area contributed by atoms with Crippen LogP contribution in [0, 0.1) is 0 Å². The van der Waals surface area contributed by atoms with Crippen molar-refractivity contribution >= 4 is 131 Å². The van der Waals surface area contributed by atoms with Crippen molar-refractivity contribution < 1.29 is 11.6 Å². The molecule has 15 rings (SSSR count). The van der Waals surface area contributed by atoms with E-state index in [4.69, 9.17) is 0 Å². The minimum absolute atomic E-state index is 0.367. The predicted octanol–water partition coefficient (Wildman–Crippen LogP) is 19.4. The number of halogens is 2. The standard InChI is InChI=1S/3C30H25P2.2ClH.Ru/c3*1-5-15-25(16-6-1)31(26-17-7-2-8-18-26)29-23-13-14-24-30(29)32(27-19-9-3-10-20-27)28-21-11-4-12-22-28;;;/h3*1-24,29H;2*1H;/q;;;;;+2/p-2. The molecule has 0 saturated heterocycles. The Morgan fingerprint density at radius 2 is 0.333 bits per heavy atom. The average Bonchev–Trinajstić information content (AvgIpc) is 0.621. The summed E-state index contributed by atoms with van der Waals surface area (Å²) in [6.07, 6.45) is 30.5. The van der Waals surface area contributed by atoms with Gasteiger partial charge in [0, 0.05) is 0 Å². The quantitative estimate of drug-likeness (QED) is 0.0497. The van der Waals surface area contributed by atoms with Crippen molar-refractivity contribution in [3.05, 3.63) is 437 Å². The van der Waals surface area contributed by atoms with E-state index in [9.17, 15) is 19.4 Å². The molecule has 0 nitrogen and oxygen atoms in total. The first-order chi connectivity index (χ1) is 48.9. The fourth-order valence-corrected chi connectivity index (χ4v) is 76.4. The number of benzene rings is 12. The van der Waals surface area contributed by atoms with Gasteiger partial charge in [0.25, 0.3) is 0 Å². The summed E-state index contributed by atoms with van der Waals surface area (Å²) in [5, 5.41) is 15.0. The van der Waals surface area contributed by atoms with Gasteiger partial charge in [-0.15, -0.1) is 0 Å². The Labute approximate surface area is 602 Å². The summed E-state index contributed by atoms with van der Waals surface area (Å²) in [5.74, 6) is 0. The van der Waals surface area contributed by atoms with Crippen LogP contribution in [0.25, 0.3) is 0 Å². The molecule has 0 radical (unpaired) electrons. The molecule has 3 aliphatic carbocycles. The van der Waals surface area contributed by atoms with Crippen molar-refractivity contribution in [3.8, 4) is 0 Å². The summed E-state index contributed by atoms with van der Waals surface area (Å²) in [7, 11) is 14.4. The Balaban J connectivity index is 1.30. The molecule has 0 bridgehead atoms. The Hall–Kier alpha value is -7.14. The normalized spacial score (nSPS) is 20.8. The molecule has 0 aromatic heterocycles. The Morgan fingerprint density at radius 1 is 0.192 bits per heavy atom. The summed E-state index contributed by atoms with van der Waals surface area (Å²) >= 11 is -7.09. The second kappa shape index (κ2) is 30.2. The zero-order valence-electron chi connectivity index (χ0n) is 54.6. The van der Waals surface area contributed by atoms with Crippen LogP contribution in [-0.4, -0.2) is 28.2 Å². The first-order valence-electron chi connectivity index (χ1n) is 33.6. The Bertz CT molecular complexity index is 4090. The van der Waals surface area contributed by atoms with Crippen LogP contribution in [0.3, 0.4) is 0 Å². The molecule has 0 aliphatic heterocycles. The van der Waals surface area contributed by atoms with Crippen LogP contribution in [0.4, 0.5) is 0 Å². The van der Waals surface area contributed by atoms with Gasteiger partial charge < -0.3 is 0 Å². The summed E-state index contributed by atoms with van der Waals surface area (Å²) in [6.45, 7) is 0. The topological polar surface area (TPSA) is 0 Å². The molecule has 12 aromatic carbocycles. The Kier molecular flexibility index (Phi) is 20.6. The minimum atomic E-state index is -7.09. The van der Waals surface area contributed by atoms with E-state index in [-0.39, 0.29) is 17.0 Å². The molecule has 0 amide bonds. The maximum atomic E-state index is 12.0. The first kappa shape index (κ1) is 67.7. The summed E-state index contributed by atoms with van der Waals surface area (Å²) in [5.41, 5.74) is -1.10. The predicted molar refractivity (Wildman–Crippen MR) is 441 cm³/mol. The van der Waals surface area contributed by atoms with Crippen LogP contribution in [0.2, 0.25) is 0 Å². The van der Waals surface area contributed by atoms with Crippen molar-refractivity contribution in [1.82, 2.24) is 0 Å². The summed E-state index contributed by atoms with van der Waals surface area (Å²) < 4.78 is -3.62. The molecular formula is C90H75Cl2P6Ru. The van der Waals surface area contributed by atoms with Gasteiger partial charge in [-0.3, -0.25) is 0 Å². The van der Waals surface area contributed by atoms with E-state index in [1.54, 1.807) is 0 Å². The van der Waals surface area contributed by atoms with Crippen LogP contribution in [0.1, 0.15) is 0 Å². The molecular weight excluding hydrogens is 1440 g/mol. The van der Waals surface area contributed by atoms with Crippen LogP contribution >= 0.6 is 66.9 Å². The van der Waals surface area contributed by atoms with Crippen molar-refractivity contribution in [3.63, 3.8) is 0 Å². The van der Waals surface area contributed by atoms with Gasteiger partial charge in [0.05, 0.1) is 0 Å². The van der Waals surface area contributed by atoms with E-state index in [1.807, 2.05) is 0 Å². The van der Waals surface area contributed by atoms with E-state index in [0.29, 0.717) is 0 Å². The molecule has 12 aromatic rings. The molecule has 9 heteroatoms. The summed E-state index contributed by atoms with van der Waals surface area (Å²) in [4.78, 5) is 0. The number of hydrogen-bond donors (Lipinski definition) is 0. The molecule has 487 valence electrons. The van der Waals surface area contributed by atoms with E-state index >= 15 is 0 Å². The molecule has 0 heterocycles. The molecule has 0 fully saturated rings. The zero-order chi connectivity index (χ0) is 67.0. The van der Waals surface area contributed by atoms with Gasteiger partial charge in [-0.1, -0.05) is 0 Å². The van der Waals surface area contributed by atoms with Crippen molar-refractivity contribution in [1.29, 1.82) is 0 Å². The van der Waals surface area contributed by atoms with Crippen LogP contribution in [0.15, 0.2) is 437 Å². The van der Waals surface area contributed by atoms with Crippen molar-refractivity contribution in [2.75, 3.05) is 0 Å². The number of hydrogen-bond acceptors (Lipinski definition) is 0. The summed E-state index contributed by atoms with van der Waals surface area (Å²) in [6, 6.07) is 139. The number of rotatable bonds is 21. The van der Waals surface area contributed by atoms with Crippen LogP contribution in [0.5, 0.6) is 0 Å². The molecule has 0 N–H and O–H groups in total. The maximum absolute atomic E-state index is 12.0. The molecule has 99 heavy (non-hydrogen) atoms. The van der Waals surface area contributed by atoms with E-state index in [1.165, 1.54) is 63.7 Å². The van der Waals surface area contributed by atoms with Gasteiger partial charge in [0.15, 0.2) is 0 Å². The SMILES string of the molecule is [Cl][Ru]([Cl])([C]1(P(c2ccccc2)c2ccccc2)C=CC=CC1P(c1ccccc1)c1ccccc1)([C]1(P(c2ccccc2)c2ccccc2)C=CC=CC1P(c1ccccc1)c1ccccc1)[C]1(P(c2ccccc2)c2ccccc2)C=CC=CC1P(c1ccccc1)c1ccccc1. The third-order valence-corrected chi connectivity index (χ3v) is 67.6. The molecule has 6 atom stereocenters. The fourth-order valence-electron chi connectivity index (χ4n) is 15.2. The Morgan fingerprint density at radius 3 is 0.485 bits per heavy atom. The van der Waals surface area contributed by atoms with E-state index in [0.717, 1.165) is 0 Å². The zero-order valence-corrected chi connectivity index (χ0v) is 63.2. The van der Waals surface area contributed by atoms with Gasteiger partial charge in [-0.2, -0.15) is 0 Å². The van der Waals surface area contributed by atoms with Gasteiger partial charge in [-0.05, 0) is 0 Å². The molecule has 0 saturated carbocycles. The second-order valence-corrected chi connectivity index (χ2v) is 55.8. The fraction of sp³-hybridized carbons (Fsp3) is 0.0667. The second-order valence-electron chi connectivity index (χ2n) is 24.6.